The third-order valence-electron chi connectivity index (χ3n) is 11.6. The first-order chi connectivity index (χ1) is 25.8. The zero-order chi connectivity index (χ0) is 37.8. The van der Waals surface area contributed by atoms with E-state index in [0.29, 0.717) is 36.6 Å². The number of hydrogen-bond donors (Lipinski definition) is 1. The first-order valence-electron chi connectivity index (χ1n) is 17.7. The lowest BCUT2D eigenvalue weighted by Crippen LogP contribution is -2.59. The van der Waals surface area contributed by atoms with Crippen LogP contribution in [0.25, 0.3) is 43.7 Å². The van der Waals surface area contributed by atoms with Gasteiger partial charge in [0.15, 0.2) is 5.82 Å². The second-order valence-electron chi connectivity index (χ2n) is 14.8. The van der Waals surface area contributed by atoms with Crippen LogP contribution >= 0.6 is 0 Å². The van der Waals surface area contributed by atoms with Crippen molar-refractivity contribution >= 4 is 44.3 Å². The number of terminal acetylenes is 1. The zero-order valence-electron chi connectivity index (χ0n) is 28.9. The maximum Gasteiger partial charge on any atom is 0.471 e. The molecule has 5 aromatic rings. The van der Waals surface area contributed by atoms with Crippen LogP contribution in [0, 0.1) is 24.0 Å². The maximum absolute atomic E-state index is 17.6. The van der Waals surface area contributed by atoms with Crippen LogP contribution in [0.1, 0.15) is 37.7 Å². The molecule has 0 saturated carbocycles. The minimum atomic E-state index is -5.04. The fourth-order valence-corrected chi connectivity index (χ4v) is 9.42. The molecule has 4 aliphatic heterocycles. The molecule has 9 rings (SSSR count). The zero-order valence-corrected chi connectivity index (χ0v) is 28.9. The van der Waals surface area contributed by atoms with Crippen LogP contribution in [0.2, 0.25) is 0 Å². The lowest BCUT2D eigenvalue weighted by Gasteiger charge is -2.42. The number of aromatic hydroxyl groups is 1. The summed E-state index contributed by atoms with van der Waals surface area (Å²) in [5.74, 6) is -1.26. The molecule has 2 bridgehead atoms. The molecule has 0 aliphatic carbocycles. The van der Waals surface area contributed by atoms with Crippen molar-refractivity contribution in [2.75, 3.05) is 37.7 Å². The Labute approximate surface area is 304 Å². The number of carbonyl (C=O) groups is 1. The molecule has 10 nitrogen and oxygen atoms in total. The number of hydrogen-bond acceptors (Lipinski definition) is 8. The van der Waals surface area contributed by atoms with Crippen LogP contribution in [-0.2, 0) is 11.8 Å². The molecule has 1 amide bonds. The van der Waals surface area contributed by atoms with Gasteiger partial charge in [-0.05, 0) is 61.4 Å². The summed E-state index contributed by atoms with van der Waals surface area (Å²) < 4.78 is 96.0. The van der Waals surface area contributed by atoms with Gasteiger partial charge in [-0.15, -0.1) is 6.42 Å². The number of phenols is 1. The molecule has 4 aliphatic rings. The summed E-state index contributed by atoms with van der Waals surface area (Å²) in [5.41, 5.74) is -0.946. The number of alkyl halides is 4. The fourth-order valence-electron chi connectivity index (χ4n) is 9.42. The molecule has 16 heteroatoms. The van der Waals surface area contributed by atoms with Crippen molar-refractivity contribution in [3.63, 3.8) is 0 Å². The van der Waals surface area contributed by atoms with Crippen LogP contribution in [0.5, 0.6) is 11.8 Å². The number of benzene rings is 3. The van der Waals surface area contributed by atoms with E-state index in [9.17, 15) is 27.5 Å². The average Bonchev–Trinajstić information content (AvgIpc) is 3.85. The van der Waals surface area contributed by atoms with E-state index in [1.807, 2.05) is 4.90 Å². The lowest BCUT2D eigenvalue weighted by molar-refractivity contribution is -0.188. The number of amides is 1. The van der Waals surface area contributed by atoms with Crippen molar-refractivity contribution in [1.29, 1.82) is 0 Å². The molecule has 0 spiro atoms. The Bertz CT molecular complexity index is 2430. The Balaban J connectivity index is 1.26. The van der Waals surface area contributed by atoms with Gasteiger partial charge < -0.3 is 19.6 Å². The number of carbonyl (C=O) groups excluding carboxylic acids is 1. The summed E-state index contributed by atoms with van der Waals surface area (Å²) in [7, 11) is 1.62. The van der Waals surface area contributed by atoms with E-state index in [4.69, 9.17) is 16.1 Å². The molecule has 1 N–H and O–H groups in total. The highest BCUT2D eigenvalue weighted by molar-refractivity contribution is 6.18. The molecule has 4 atom stereocenters. The normalized spacial score (nSPS) is 24.2. The minimum Gasteiger partial charge on any atom is -0.508 e. The van der Waals surface area contributed by atoms with Gasteiger partial charge in [0, 0.05) is 55.6 Å². The molecule has 54 heavy (non-hydrogen) atoms. The number of fused-ring (bicyclic) bond motifs is 7. The van der Waals surface area contributed by atoms with Gasteiger partial charge in [0.1, 0.15) is 41.2 Å². The van der Waals surface area contributed by atoms with Crippen LogP contribution in [0.15, 0.2) is 30.5 Å². The Morgan fingerprint density at radius 3 is 2.57 bits per heavy atom. The van der Waals surface area contributed by atoms with Crippen molar-refractivity contribution in [2.24, 2.45) is 7.05 Å². The number of ether oxygens (including phenoxy) is 1. The maximum atomic E-state index is 17.6. The van der Waals surface area contributed by atoms with Crippen LogP contribution in [0.4, 0.5) is 32.2 Å². The molecule has 3 aromatic carbocycles. The average molecular weight is 750 g/mol. The molecule has 4 saturated heterocycles. The van der Waals surface area contributed by atoms with Gasteiger partial charge >= 0.3 is 18.1 Å². The van der Waals surface area contributed by atoms with E-state index in [0.717, 1.165) is 17.4 Å². The number of phenolic OH excluding ortho intramolecular Hbond substituents is 1. The monoisotopic (exact) mass is 749 g/mol. The number of rotatable bonds is 5. The van der Waals surface area contributed by atoms with Gasteiger partial charge in [-0.25, -0.2) is 13.2 Å². The number of nitrogens with zero attached hydrogens (tertiary/aromatic N) is 7. The van der Waals surface area contributed by atoms with E-state index in [2.05, 4.69) is 16.0 Å². The summed E-state index contributed by atoms with van der Waals surface area (Å²) in [4.78, 5) is 26.5. The topological polar surface area (TPSA) is 99.9 Å². The smallest absolute Gasteiger partial charge is 0.471 e. The van der Waals surface area contributed by atoms with Gasteiger partial charge in [-0.1, -0.05) is 12.0 Å². The molecular weight excluding hydrogens is 716 g/mol. The predicted octanol–water partition coefficient (Wildman–Crippen LogP) is 6.00. The fraction of sp³-hybridized carbons (Fsp3) is 0.421. The van der Waals surface area contributed by atoms with Crippen LogP contribution < -0.4 is 9.64 Å². The highest BCUT2D eigenvalue weighted by atomic mass is 19.4. The van der Waals surface area contributed by atoms with Crippen molar-refractivity contribution in [3.8, 4) is 35.2 Å². The summed E-state index contributed by atoms with van der Waals surface area (Å²) in [5, 5.41) is 16.5. The molecule has 0 radical (unpaired) electrons. The van der Waals surface area contributed by atoms with Crippen LogP contribution in [0.3, 0.4) is 0 Å². The summed E-state index contributed by atoms with van der Waals surface area (Å²) >= 11 is 0. The highest BCUT2D eigenvalue weighted by Crippen LogP contribution is 2.46. The van der Waals surface area contributed by atoms with Gasteiger partial charge in [-0.2, -0.15) is 28.2 Å². The van der Waals surface area contributed by atoms with Gasteiger partial charge in [0.05, 0.1) is 28.6 Å². The molecule has 2 unspecified atom stereocenters. The third-order valence-corrected chi connectivity index (χ3v) is 11.6. The quantitative estimate of drug-likeness (QED) is 0.173. The Morgan fingerprint density at radius 2 is 1.85 bits per heavy atom. The molecule has 4 fully saturated rings. The van der Waals surface area contributed by atoms with E-state index in [1.54, 1.807) is 18.1 Å². The summed E-state index contributed by atoms with van der Waals surface area (Å²) in [6.07, 6.45) is 3.73. The van der Waals surface area contributed by atoms with E-state index >= 15 is 8.78 Å². The standard InChI is InChI=1S/C38H33F6N7O3/c1-3-24-27(40)8-5-19-11-23(52)12-25(28(19)24)29-31(41)33-30(26-17-48(2)47-32(26)29)34(49-15-21-6-7-22(16-49)51(21)35(53)38(42,43)44)46-36(45-33)54-18-37-9-4-10-50(37)14-20(39)13-37/h1,5,8,11-12,17,20-22,52H,4,6-7,9-10,13-16,18H2,2H3/t20-,21?,22?,37+/m1/s1. The molecule has 2 aromatic heterocycles. The summed E-state index contributed by atoms with van der Waals surface area (Å²) in [6.45, 7) is 0.929. The van der Waals surface area contributed by atoms with Crippen molar-refractivity contribution < 1.29 is 41.0 Å². The second kappa shape index (κ2) is 12.1. The predicted molar refractivity (Wildman–Crippen MR) is 187 cm³/mol. The highest BCUT2D eigenvalue weighted by Gasteiger charge is 2.52. The SMILES string of the molecule is C#Cc1c(F)ccc2cc(O)cc(-c3c(F)c4nc(OC[C@@]56CCCN5C[C@H](F)C6)nc(N5CC6CCC(C5)N6C(=O)C(F)(F)F)c4c4cn(C)nc34)c12. The van der Waals surface area contributed by atoms with Crippen molar-refractivity contribution in [3.05, 3.63) is 47.7 Å². The first kappa shape index (κ1) is 34.5. The number of halogens is 6. The van der Waals surface area contributed by atoms with E-state index < -0.39 is 47.5 Å². The Kier molecular flexibility index (Phi) is 7.73. The molecule has 6 heterocycles. The number of anilines is 1. The minimum absolute atomic E-state index is 0.0170. The Hall–Kier alpha value is -5.30. The van der Waals surface area contributed by atoms with E-state index in [1.165, 1.54) is 22.9 Å². The Morgan fingerprint density at radius 1 is 1.09 bits per heavy atom. The van der Waals surface area contributed by atoms with Crippen molar-refractivity contribution in [1.82, 2.24) is 29.5 Å². The largest absolute Gasteiger partial charge is 0.508 e. The first-order valence-corrected chi connectivity index (χ1v) is 17.7. The lowest BCUT2D eigenvalue weighted by atomic mass is 9.91. The molecular formula is C38H33F6N7O3. The third kappa shape index (κ3) is 5.22. The van der Waals surface area contributed by atoms with E-state index in [-0.39, 0.29) is 88.7 Å². The van der Waals surface area contributed by atoms with Gasteiger partial charge in [0.25, 0.3) is 0 Å². The summed E-state index contributed by atoms with van der Waals surface area (Å²) in [6, 6.07) is 3.43. The number of piperazine rings is 1. The number of aromatic nitrogens is 4. The van der Waals surface area contributed by atoms with Crippen LogP contribution in [-0.4, -0.2) is 103 Å². The van der Waals surface area contributed by atoms with Gasteiger partial charge in [-0.3, -0.25) is 14.4 Å². The second-order valence-corrected chi connectivity index (χ2v) is 14.8. The molecule has 280 valence electrons. The number of aryl methyl sites for hydroxylation is 1. The van der Waals surface area contributed by atoms with Crippen molar-refractivity contribution in [2.45, 2.75) is 62.1 Å². The van der Waals surface area contributed by atoms with Gasteiger partial charge in [0.2, 0.25) is 0 Å².